The number of rotatable bonds is 2. The van der Waals surface area contributed by atoms with Crippen molar-refractivity contribution < 1.29 is 4.42 Å². The van der Waals surface area contributed by atoms with Crippen LogP contribution in [0.25, 0.3) is 38.6 Å². The maximum Gasteiger partial charge on any atom is 0.136 e. The molecule has 0 fully saturated rings. The van der Waals surface area contributed by atoms with Gasteiger partial charge in [0.15, 0.2) is 0 Å². The Kier molecular flexibility index (Phi) is 3.69. The molecule has 0 bridgehead atoms. The number of furan rings is 1. The van der Waals surface area contributed by atoms with Crippen LogP contribution in [0.15, 0.2) is 83.3 Å². The molecule has 5 rings (SSSR count). The van der Waals surface area contributed by atoms with Crippen LogP contribution in [0.4, 0.5) is 0 Å². The van der Waals surface area contributed by atoms with Crippen molar-refractivity contribution in [1.82, 2.24) is 0 Å². The zero-order chi connectivity index (χ0) is 17.5. The van der Waals surface area contributed by atoms with Crippen molar-refractivity contribution in [2.45, 2.75) is 12.8 Å². The lowest BCUT2D eigenvalue weighted by Gasteiger charge is -2.09. The van der Waals surface area contributed by atoms with E-state index >= 15 is 0 Å². The van der Waals surface area contributed by atoms with E-state index in [-0.39, 0.29) is 0 Å². The Morgan fingerprint density at radius 1 is 0.731 bits per heavy atom. The summed E-state index contributed by atoms with van der Waals surface area (Å²) in [5.41, 5.74) is 6.64. The van der Waals surface area contributed by atoms with Gasteiger partial charge < -0.3 is 4.42 Å². The lowest BCUT2D eigenvalue weighted by atomic mass is 9.95. The summed E-state index contributed by atoms with van der Waals surface area (Å²) in [4.78, 5) is 0. The minimum absolute atomic E-state index is 0.693. The molecule has 1 aromatic heterocycles. The van der Waals surface area contributed by atoms with Crippen molar-refractivity contribution >= 4 is 39.1 Å². The monoisotopic (exact) mass is 356 g/mol. The molecule has 1 aliphatic rings. The van der Waals surface area contributed by atoms with Crippen LogP contribution in [-0.2, 0) is 0 Å². The van der Waals surface area contributed by atoms with E-state index in [1.54, 1.807) is 0 Å². The molecule has 0 aliphatic heterocycles. The maximum absolute atomic E-state index is 6.09. The molecule has 26 heavy (non-hydrogen) atoms. The molecular formula is C24H17ClO. The zero-order valence-electron chi connectivity index (χ0n) is 14.2. The van der Waals surface area contributed by atoms with Gasteiger partial charge in [-0.2, -0.15) is 0 Å². The van der Waals surface area contributed by atoms with Crippen molar-refractivity contribution in [3.8, 4) is 11.1 Å². The summed E-state index contributed by atoms with van der Waals surface area (Å²) in [6, 6.07) is 20.9. The lowest BCUT2D eigenvalue weighted by Crippen LogP contribution is -1.87. The molecule has 0 saturated carbocycles. The first-order valence-corrected chi connectivity index (χ1v) is 9.25. The molecule has 126 valence electrons. The minimum Gasteiger partial charge on any atom is -0.456 e. The van der Waals surface area contributed by atoms with Crippen LogP contribution in [0, 0.1) is 0 Å². The molecule has 1 nitrogen and oxygen atoms in total. The molecule has 1 aliphatic carbocycles. The summed E-state index contributed by atoms with van der Waals surface area (Å²) >= 11 is 6.09. The average molecular weight is 357 g/mol. The predicted molar refractivity (Wildman–Crippen MR) is 111 cm³/mol. The van der Waals surface area contributed by atoms with Crippen LogP contribution in [0.3, 0.4) is 0 Å². The third-order valence-electron chi connectivity index (χ3n) is 4.96. The molecule has 0 radical (unpaired) electrons. The molecule has 1 heterocycles. The van der Waals surface area contributed by atoms with Gasteiger partial charge in [-0.05, 0) is 65.4 Å². The smallest absolute Gasteiger partial charge is 0.136 e. The highest BCUT2D eigenvalue weighted by Gasteiger charge is 2.10. The van der Waals surface area contributed by atoms with Crippen LogP contribution < -0.4 is 0 Å². The fourth-order valence-electron chi connectivity index (χ4n) is 3.64. The van der Waals surface area contributed by atoms with Crippen LogP contribution in [0.1, 0.15) is 18.4 Å². The van der Waals surface area contributed by atoms with E-state index in [1.807, 2.05) is 18.2 Å². The van der Waals surface area contributed by atoms with Gasteiger partial charge in [0, 0.05) is 21.9 Å². The highest BCUT2D eigenvalue weighted by Crippen LogP contribution is 2.34. The molecule has 0 saturated heterocycles. The van der Waals surface area contributed by atoms with E-state index in [4.69, 9.17) is 16.0 Å². The van der Waals surface area contributed by atoms with Crippen molar-refractivity contribution in [3.05, 3.63) is 89.5 Å². The second kappa shape index (κ2) is 6.19. The summed E-state index contributed by atoms with van der Waals surface area (Å²) in [6.45, 7) is 0. The predicted octanol–water partition coefficient (Wildman–Crippen LogP) is 7.64. The molecule has 2 heteroatoms. The second-order valence-corrected chi connectivity index (χ2v) is 7.11. The van der Waals surface area contributed by atoms with Gasteiger partial charge in [-0.25, -0.2) is 0 Å². The fraction of sp³-hybridized carbons (Fsp3) is 0.0833. The Morgan fingerprint density at radius 2 is 1.50 bits per heavy atom. The summed E-state index contributed by atoms with van der Waals surface area (Å²) in [6.07, 6.45) is 9.02. The van der Waals surface area contributed by atoms with Crippen molar-refractivity contribution in [3.63, 3.8) is 0 Å². The number of hydrogen-bond acceptors (Lipinski definition) is 1. The maximum atomic E-state index is 6.09. The van der Waals surface area contributed by atoms with E-state index in [9.17, 15) is 0 Å². The molecule has 0 N–H and O–H groups in total. The molecule has 0 unspecified atom stereocenters. The van der Waals surface area contributed by atoms with E-state index < -0.39 is 0 Å². The minimum atomic E-state index is 0.693. The summed E-state index contributed by atoms with van der Waals surface area (Å²) in [5.74, 6) is 0. The fourth-order valence-corrected chi connectivity index (χ4v) is 3.80. The van der Waals surface area contributed by atoms with Gasteiger partial charge in [0.05, 0.1) is 0 Å². The van der Waals surface area contributed by atoms with Crippen molar-refractivity contribution in [1.29, 1.82) is 0 Å². The zero-order valence-corrected chi connectivity index (χ0v) is 15.0. The number of hydrogen-bond donors (Lipinski definition) is 0. The van der Waals surface area contributed by atoms with Gasteiger partial charge in [0.25, 0.3) is 0 Å². The first-order valence-electron chi connectivity index (χ1n) is 8.87. The molecule has 3 aromatic carbocycles. The van der Waals surface area contributed by atoms with Gasteiger partial charge in [-0.3, -0.25) is 0 Å². The number of benzene rings is 3. The summed E-state index contributed by atoms with van der Waals surface area (Å²) in [5, 5.41) is 2.91. The Morgan fingerprint density at radius 3 is 2.35 bits per heavy atom. The Hall–Kier alpha value is -2.77. The average Bonchev–Trinajstić information content (AvgIpc) is 3.05. The van der Waals surface area contributed by atoms with Crippen LogP contribution in [-0.4, -0.2) is 0 Å². The Labute approximate surface area is 157 Å². The van der Waals surface area contributed by atoms with E-state index in [0.29, 0.717) is 5.02 Å². The van der Waals surface area contributed by atoms with Crippen molar-refractivity contribution in [2.75, 3.05) is 0 Å². The Bertz CT molecular complexity index is 1190. The van der Waals surface area contributed by atoms with E-state index in [2.05, 4.69) is 60.7 Å². The largest absolute Gasteiger partial charge is 0.456 e. The highest BCUT2D eigenvalue weighted by atomic mass is 35.5. The van der Waals surface area contributed by atoms with Gasteiger partial charge in [-0.15, -0.1) is 0 Å². The van der Waals surface area contributed by atoms with Crippen LogP contribution in [0.2, 0.25) is 5.02 Å². The number of fused-ring (bicyclic) bond motifs is 3. The van der Waals surface area contributed by atoms with Gasteiger partial charge >= 0.3 is 0 Å². The van der Waals surface area contributed by atoms with Gasteiger partial charge in [0.1, 0.15) is 11.2 Å². The summed E-state index contributed by atoms with van der Waals surface area (Å²) < 4.78 is 6.03. The SMILES string of the molecule is Clc1ccc2c(c1)oc1cc(-c3cccc(C4=CCCC=C4)c3)ccc12. The lowest BCUT2D eigenvalue weighted by molar-refractivity contribution is 0.669. The van der Waals surface area contributed by atoms with Crippen molar-refractivity contribution in [2.24, 2.45) is 0 Å². The molecule has 0 spiro atoms. The molecule has 0 amide bonds. The van der Waals surface area contributed by atoms with Crippen LogP contribution >= 0.6 is 11.6 Å². The third kappa shape index (κ3) is 2.65. The normalized spacial score (nSPS) is 14.1. The highest BCUT2D eigenvalue weighted by molar-refractivity contribution is 6.31. The molecule has 0 atom stereocenters. The number of halogens is 1. The third-order valence-corrected chi connectivity index (χ3v) is 5.19. The van der Waals surface area contributed by atoms with Gasteiger partial charge in [-0.1, -0.05) is 54.1 Å². The van der Waals surface area contributed by atoms with Crippen LogP contribution in [0.5, 0.6) is 0 Å². The van der Waals surface area contributed by atoms with E-state index in [1.165, 1.54) is 16.7 Å². The standard InChI is InChI=1S/C24H17ClO/c25-20-10-12-22-21-11-9-19(14-23(21)26-24(22)15-20)18-8-4-7-17(13-18)16-5-2-1-3-6-16/h2,4-15H,1,3H2. The first-order chi connectivity index (χ1) is 12.8. The molecular weight excluding hydrogens is 340 g/mol. The number of allylic oxidation sites excluding steroid dienone is 4. The first kappa shape index (κ1) is 15.5. The molecule has 4 aromatic rings. The Balaban J connectivity index is 1.61. The second-order valence-electron chi connectivity index (χ2n) is 6.67. The summed E-state index contributed by atoms with van der Waals surface area (Å²) in [7, 11) is 0. The topological polar surface area (TPSA) is 13.1 Å². The van der Waals surface area contributed by atoms with E-state index in [0.717, 1.165) is 40.3 Å². The quantitative estimate of drug-likeness (QED) is 0.359. The van der Waals surface area contributed by atoms with Gasteiger partial charge in [0.2, 0.25) is 0 Å².